The molecule has 8 nitrogen and oxygen atoms in total. The SMILES string of the molecule is CCCN(CCC)C(=O)c1cccc(C(=O)NC(CP(=O)(O)CC(C)C(=O)Nc2ccc(C(C)(C)C)cc2)c2ccccc2)c1. The maximum atomic E-state index is 13.6. The number of nitrogens with zero attached hydrogens (tertiary/aromatic N) is 1. The van der Waals surface area contributed by atoms with Crippen LogP contribution in [0.1, 0.15) is 92.3 Å². The Morgan fingerprint density at radius 3 is 2.02 bits per heavy atom. The van der Waals surface area contributed by atoms with E-state index in [4.69, 9.17) is 0 Å². The predicted molar refractivity (Wildman–Crippen MR) is 182 cm³/mol. The molecule has 3 unspecified atom stereocenters. The Bertz CT molecular complexity index is 1480. The number of hydrogen-bond donors (Lipinski definition) is 3. The molecule has 0 aliphatic heterocycles. The van der Waals surface area contributed by atoms with Gasteiger partial charge in [0.1, 0.15) is 0 Å². The second kappa shape index (κ2) is 16.0. The molecule has 3 N–H and O–H groups in total. The highest BCUT2D eigenvalue weighted by Crippen LogP contribution is 2.46. The normalized spacial score (nSPS) is 14.1. The van der Waals surface area contributed by atoms with Crippen LogP contribution in [-0.2, 0) is 14.8 Å². The Labute approximate surface area is 268 Å². The summed E-state index contributed by atoms with van der Waals surface area (Å²) >= 11 is 0. The van der Waals surface area contributed by atoms with E-state index in [0.717, 1.165) is 18.4 Å². The lowest BCUT2D eigenvalue weighted by atomic mass is 9.87. The fraction of sp³-hybridized carbons (Fsp3) is 0.417. The van der Waals surface area contributed by atoms with Crippen molar-refractivity contribution in [2.45, 2.75) is 65.8 Å². The van der Waals surface area contributed by atoms with Crippen LogP contribution in [0.25, 0.3) is 0 Å². The fourth-order valence-corrected chi connectivity index (χ4v) is 7.23. The number of carbonyl (C=O) groups excluding carboxylic acids is 3. The van der Waals surface area contributed by atoms with E-state index in [0.29, 0.717) is 29.9 Å². The molecular weight excluding hydrogens is 585 g/mol. The highest BCUT2D eigenvalue weighted by Gasteiger charge is 2.31. The summed E-state index contributed by atoms with van der Waals surface area (Å²) < 4.78 is 13.6. The highest BCUT2D eigenvalue weighted by atomic mass is 31.2. The molecule has 0 fully saturated rings. The van der Waals surface area contributed by atoms with Gasteiger partial charge in [-0.05, 0) is 59.7 Å². The van der Waals surface area contributed by atoms with E-state index in [-0.39, 0.29) is 35.1 Å². The molecule has 242 valence electrons. The molecule has 0 aliphatic carbocycles. The first kappa shape index (κ1) is 35.7. The summed E-state index contributed by atoms with van der Waals surface area (Å²) in [5.74, 6) is -1.69. The molecule has 0 aliphatic rings. The van der Waals surface area contributed by atoms with E-state index in [2.05, 4.69) is 31.4 Å². The van der Waals surface area contributed by atoms with Gasteiger partial charge in [0.2, 0.25) is 13.3 Å². The number of carbonyl (C=O) groups is 3. The lowest BCUT2D eigenvalue weighted by molar-refractivity contribution is -0.118. The van der Waals surface area contributed by atoms with Crippen molar-refractivity contribution in [1.82, 2.24) is 10.2 Å². The zero-order valence-corrected chi connectivity index (χ0v) is 28.3. The molecular formula is C36H48N3O5P. The van der Waals surface area contributed by atoms with Crippen LogP contribution in [0.2, 0.25) is 0 Å². The smallest absolute Gasteiger partial charge is 0.253 e. The van der Waals surface area contributed by atoms with Crippen molar-refractivity contribution in [3.8, 4) is 0 Å². The minimum atomic E-state index is -3.90. The summed E-state index contributed by atoms with van der Waals surface area (Å²) in [5.41, 5.74) is 3.11. The summed E-state index contributed by atoms with van der Waals surface area (Å²) in [7, 11) is -3.90. The van der Waals surface area contributed by atoms with Crippen LogP contribution in [0.5, 0.6) is 0 Å². The first-order valence-corrected chi connectivity index (χ1v) is 17.7. The first-order chi connectivity index (χ1) is 21.2. The van der Waals surface area contributed by atoms with Gasteiger partial charge in [-0.1, -0.05) is 90.1 Å². The van der Waals surface area contributed by atoms with Crippen molar-refractivity contribution in [1.29, 1.82) is 0 Å². The monoisotopic (exact) mass is 633 g/mol. The Morgan fingerprint density at radius 2 is 1.44 bits per heavy atom. The second-order valence-electron chi connectivity index (χ2n) is 12.7. The van der Waals surface area contributed by atoms with Crippen LogP contribution < -0.4 is 10.6 Å². The van der Waals surface area contributed by atoms with Crippen LogP contribution in [0.15, 0.2) is 78.9 Å². The van der Waals surface area contributed by atoms with Crippen molar-refractivity contribution in [2.75, 3.05) is 30.7 Å². The van der Waals surface area contributed by atoms with Gasteiger partial charge in [0.05, 0.1) is 6.04 Å². The van der Waals surface area contributed by atoms with E-state index >= 15 is 0 Å². The van der Waals surface area contributed by atoms with Crippen molar-refractivity contribution in [2.24, 2.45) is 5.92 Å². The standard InChI is InChI=1S/C36H48N3O5P/c1-7-21-39(22-8-2)35(42)29-16-12-15-28(23-29)34(41)38-32(27-13-10-9-11-14-27)25-45(43,44)24-26(3)33(40)37-31-19-17-30(18-20-31)36(4,5)6/h9-20,23,26,32H,7-8,21-22,24-25H2,1-6H3,(H,37,40)(H,38,41)(H,43,44). The number of benzene rings is 3. The van der Waals surface area contributed by atoms with E-state index < -0.39 is 25.2 Å². The molecule has 45 heavy (non-hydrogen) atoms. The molecule has 0 heterocycles. The van der Waals surface area contributed by atoms with E-state index in [1.54, 1.807) is 60.4 Å². The molecule has 9 heteroatoms. The van der Waals surface area contributed by atoms with Crippen LogP contribution in [0.3, 0.4) is 0 Å². The third kappa shape index (κ3) is 10.7. The maximum Gasteiger partial charge on any atom is 0.253 e. The molecule has 0 saturated carbocycles. The number of hydrogen-bond acceptors (Lipinski definition) is 4. The summed E-state index contributed by atoms with van der Waals surface area (Å²) in [4.78, 5) is 52.4. The van der Waals surface area contributed by atoms with Gasteiger partial charge >= 0.3 is 0 Å². The average molecular weight is 634 g/mol. The van der Waals surface area contributed by atoms with E-state index in [1.807, 2.05) is 44.2 Å². The number of nitrogens with one attached hydrogen (secondary N) is 2. The molecule has 3 aromatic rings. The Kier molecular flexibility index (Phi) is 12.7. The van der Waals surface area contributed by atoms with Crippen molar-refractivity contribution in [3.63, 3.8) is 0 Å². The summed E-state index contributed by atoms with van der Waals surface area (Å²) in [5, 5.41) is 5.76. The van der Waals surface area contributed by atoms with Crippen molar-refractivity contribution in [3.05, 3.63) is 101 Å². The molecule has 0 radical (unpaired) electrons. The van der Waals surface area contributed by atoms with Crippen molar-refractivity contribution < 1.29 is 23.8 Å². The van der Waals surface area contributed by atoms with Gasteiger partial charge in [-0.15, -0.1) is 0 Å². The first-order valence-electron chi connectivity index (χ1n) is 15.7. The third-order valence-corrected chi connectivity index (χ3v) is 9.70. The molecule has 3 aromatic carbocycles. The molecule has 0 aromatic heterocycles. The summed E-state index contributed by atoms with van der Waals surface area (Å²) in [6.45, 7) is 13.3. The zero-order chi connectivity index (χ0) is 33.2. The van der Waals surface area contributed by atoms with Gasteiger partial charge in [-0.3, -0.25) is 18.9 Å². The van der Waals surface area contributed by atoms with E-state index in [9.17, 15) is 23.8 Å². The molecule has 3 rings (SSSR count). The predicted octanol–water partition coefficient (Wildman–Crippen LogP) is 7.26. The Morgan fingerprint density at radius 1 is 0.844 bits per heavy atom. The lowest BCUT2D eigenvalue weighted by Gasteiger charge is -2.24. The number of amides is 3. The maximum absolute atomic E-state index is 13.6. The van der Waals surface area contributed by atoms with Gasteiger partial charge in [-0.25, -0.2) is 0 Å². The quantitative estimate of drug-likeness (QED) is 0.162. The molecule has 0 saturated heterocycles. The topological polar surface area (TPSA) is 116 Å². The van der Waals surface area contributed by atoms with Gasteiger partial charge in [0.25, 0.3) is 11.8 Å². The van der Waals surface area contributed by atoms with Gasteiger partial charge in [0.15, 0.2) is 0 Å². The lowest BCUT2D eigenvalue weighted by Crippen LogP contribution is -2.33. The van der Waals surface area contributed by atoms with Crippen molar-refractivity contribution >= 4 is 30.8 Å². The molecule has 3 atom stereocenters. The van der Waals surface area contributed by atoms with Crippen LogP contribution in [0, 0.1) is 5.92 Å². The fourth-order valence-electron chi connectivity index (χ4n) is 5.18. The van der Waals surface area contributed by atoms with Gasteiger partial charge in [0, 0.05) is 48.1 Å². The molecule has 0 bridgehead atoms. The number of anilines is 1. The van der Waals surface area contributed by atoms with Crippen LogP contribution in [0.4, 0.5) is 5.69 Å². The Balaban J connectivity index is 1.73. The van der Waals surface area contributed by atoms with E-state index in [1.165, 1.54) is 0 Å². The van der Waals surface area contributed by atoms with Gasteiger partial charge in [-0.2, -0.15) is 0 Å². The average Bonchev–Trinajstić information content (AvgIpc) is 3.00. The Hall–Kier alpha value is -3.74. The molecule has 3 amide bonds. The minimum absolute atomic E-state index is 0.0191. The zero-order valence-electron chi connectivity index (χ0n) is 27.4. The van der Waals surface area contributed by atoms with Gasteiger partial charge < -0.3 is 20.4 Å². The molecule has 0 spiro atoms. The second-order valence-corrected chi connectivity index (χ2v) is 15.2. The summed E-state index contributed by atoms with van der Waals surface area (Å²) in [6, 6.07) is 22.4. The minimum Gasteiger partial charge on any atom is -0.345 e. The third-order valence-electron chi connectivity index (χ3n) is 7.65. The van der Waals surface area contributed by atoms with Crippen LogP contribution in [-0.4, -0.2) is 52.9 Å². The highest BCUT2D eigenvalue weighted by molar-refractivity contribution is 7.58. The van der Waals surface area contributed by atoms with Crippen LogP contribution >= 0.6 is 7.37 Å². The number of rotatable bonds is 14. The largest absolute Gasteiger partial charge is 0.345 e. The summed E-state index contributed by atoms with van der Waals surface area (Å²) in [6.07, 6.45) is 1.17.